The van der Waals surface area contributed by atoms with Gasteiger partial charge in [0.15, 0.2) is 0 Å². The largest absolute Gasteiger partial charge is 0.417 e. The number of fused-ring (bicyclic) bond motifs is 5. The first-order valence-electron chi connectivity index (χ1n) is 8.35. The minimum Gasteiger partial charge on any atom is -0.364 e. The third-order valence-electron chi connectivity index (χ3n) is 6.02. The van der Waals surface area contributed by atoms with Gasteiger partial charge in [0.05, 0.1) is 56.7 Å². The van der Waals surface area contributed by atoms with E-state index in [0.717, 1.165) is 17.0 Å². The molecule has 6 unspecified atom stereocenters. The van der Waals surface area contributed by atoms with Gasteiger partial charge in [-0.25, -0.2) is 4.90 Å². The Morgan fingerprint density at radius 3 is 2.04 bits per heavy atom. The molecule has 3 fully saturated rings. The summed E-state index contributed by atoms with van der Waals surface area (Å²) < 4.78 is 45.8. The molecule has 0 spiro atoms. The molecule has 10 heteroatoms. The molecule has 0 aromatic heterocycles. The van der Waals surface area contributed by atoms with E-state index in [9.17, 15) is 22.8 Å². The molecule has 3 aliphatic rings. The molecule has 0 saturated carbocycles. The predicted octanol–water partition coefficient (Wildman–Crippen LogP) is 3.46. The molecule has 3 heterocycles. The number of nitriles is 1. The van der Waals surface area contributed by atoms with Gasteiger partial charge in [0.2, 0.25) is 11.8 Å². The third-order valence-corrected chi connectivity index (χ3v) is 7.52. The number of nitrogens with zero attached hydrogens (tertiary/aromatic N) is 2. The second-order valence-corrected chi connectivity index (χ2v) is 8.52. The van der Waals surface area contributed by atoms with E-state index in [2.05, 4.69) is 0 Å². The zero-order chi connectivity index (χ0) is 20.8. The SMILES string of the molecule is CC12OC(C)(C(Cl)C1Cl)C1C(=O)N(c3ccc(C#N)c(C(F)(F)F)c3)C(=O)C12. The van der Waals surface area contributed by atoms with Crippen molar-refractivity contribution in [3.63, 3.8) is 0 Å². The van der Waals surface area contributed by atoms with E-state index in [1.165, 1.54) is 6.07 Å². The fourth-order valence-electron chi connectivity index (χ4n) is 4.72. The van der Waals surface area contributed by atoms with Gasteiger partial charge < -0.3 is 4.74 Å². The quantitative estimate of drug-likeness (QED) is 0.503. The van der Waals surface area contributed by atoms with Gasteiger partial charge in [-0.05, 0) is 32.0 Å². The molecule has 4 rings (SSSR count). The van der Waals surface area contributed by atoms with Crippen LogP contribution in [0, 0.1) is 23.2 Å². The van der Waals surface area contributed by atoms with E-state index >= 15 is 0 Å². The average Bonchev–Trinajstić information content (AvgIpc) is 3.10. The van der Waals surface area contributed by atoms with Crippen molar-refractivity contribution in [2.45, 2.75) is 42.0 Å². The summed E-state index contributed by atoms with van der Waals surface area (Å²) in [6.45, 7) is 3.18. The maximum Gasteiger partial charge on any atom is 0.417 e. The van der Waals surface area contributed by atoms with Gasteiger partial charge in [-0.1, -0.05) is 0 Å². The molecule has 0 radical (unpaired) electrons. The monoisotopic (exact) mass is 432 g/mol. The number of ether oxygens (including phenoxy) is 1. The molecule has 28 heavy (non-hydrogen) atoms. The van der Waals surface area contributed by atoms with E-state index in [-0.39, 0.29) is 5.69 Å². The third kappa shape index (κ3) is 2.18. The van der Waals surface area contributed by atoms with Crippen molar-refractivity contribution in [2.75, 3.05) is 4.90 Å². The number of imide groups is 1. The number of benzene rings is 1. The van der Waals surface area contributed by atoms with Crippen LogP contribution in [-0.2, 0) is 20.5 Å². The van der Waals surface area contributed by atoms with Gasteiger partial charge in [-0.3, -0.25) is 9.59 Å². The van der Waals surface area contributed by atoms with Crippen LogP contribution in [0.2, 0.25) is 0 Å². The number of carbonyl (C=O) groups is 2. The van der Waals surface area contributed by atoms with Crippen LogP contribution in [0.4, 0.5) is 18.9 Å². The molecule has 3 saturated heterocycles. The molecule has 6 atom stereocenters. The Morgan fingerprint density at radius 1 is 1.11 bits per heavy atom. The molecule has 5 nitrogen and oxygen atoms in total. The lowest BCUT2D eigenvalue weighted by molar-refractivity contribution is -0.138. The second-order valence-electron chi connectivity index (χ2n) is 7.58. The van der Waals surface area contributed by atoms with Crippen LogP contribution in [0.5, 0.6) is 0 Å². The smallest absolute Gasteiger partial charge is 0.364 e. The Kier molecular flexibility index (Phi) is 3.91. The number of hydrogen-bond donors (Lipinski definition) is 0. The van der Waals surface area contributed by atoms with Gasteiger partial charge in [-0.2, -0.15) is 18.4 Å². The van der Waals surface area contributed by atoms with Crippen LogP contribution >= 0.6 is 23.2 Å². The Morgan fingerprint density at radius 2 is 1.61 bits per heavy atom. The number of amides is 2. The van der Waals surface area contributed by atoms with Crippen LogP contribution in [0.25, 0.3) is 0 Å². The summed E-state index contributed by atoms with van der Waals surface area (Å²) >= 11 is 12.7. The normalized spacial score (nSPS) is 39.4. The minimum absolute atomic E-state index is 0.250. The highest BCUT2D eigenvalue weighted by Crippen LogP contribution is 2.63. The number of rotatable bonds is 1. The van der Waals surface area contributed by atoms with Gasteiger partial charge in [0, 0.05) is 0 Å². The Balaban J connectivity index is 1.82. The van der Waals surface area contributed by atoms with E-state index in [1.807, 2.05) is 0 Å². The van der Waals surface area contributed by atoms with E-state index in [0.29, 0.717) is 6.07 Å². The number of carbonyl (C=O) groups excluding carboxylic acids is 2. The average molecular weight is 433 g/mol. The Bertz CT molecular complexity index is 924. The molecule has 1 aromatic carbocycles. The summed E-state index contributed by atoms with van der Waals surface area (Å²) in [5.41, 5.74) is -4.49. The molecule has 1 aromatic rings. The van der Waals surface area contributed by atoms with Crippen LogP contribution in [0.15, 0.2) is 18.2 Å². The van der Waals surface area contributed by atoms with Crippen molar-refractivity contribution in [1.82, 2.24) is 0 Å². The number of halogens is 5. The summed E-state index contributed by atoms with van der Waals surface area (Å²) in [5, 5.41) is 7.44. The Labute approximate surface area is 167 Å². The standard InChI is InChI=1S/C18H13Cl2F3N2O3/c1-16-10-11(17(2,28-16)13(20)12(16)19)15(27)25(14(10)26)8-4-3-7(6-24)9(5-8)18(21,22)23/h3-5,10-13H,1-2H3. The molecule has 2 amide bonds. The lowest BCUT2D eigenvalue weighted by Crippen LogP contribution is -2.53. The van der Waals surface area contributed by atoms with E-state index < -0.39 is 62.9 Å². The zero-order valence-electron chi connectivity index (χ0n) is 14.6. The summed E-state index contributed by atoms with van der Waals surface area (Å²) in [6, 6.07) is 4.19. The Hall–Kier alpha value is -1.82. The van der Waals surface area contributed by atoms with Gasteiger partial charge in [-0.15, -0.1) is 23.2 Å². The van der Waals surface area contributed by atoms with Crippen LogP contribution in [-0.4, -0.2) is 33.8 Å². The van der Waals surface area contributed by atoms with Crippen molar-refractivity contribution in [2.24, 2.45) is 11.8 Å². The molecular weight excluding hydrogens is 420 g/mol. The fourth-order valence-corrected chi connectivity index (χ4v) is 5.58. The first-order chi connectivity index (χ1) is 12.9. The van der Waals surface area contributed by atoms with Gasteiger partial charge in [0.1, 0.15) is 0 Å². The number of anilines is 1. The molecule has 0 N–H and O–H groups in total. The second kappa shape index (κ2) is 5.62. The topological polar surface area (TPSA) is 70.4 Å². The predicted molar refractivity (Wildman–Crippen MR) is 92.8 cm³/mol. The maximum atomic E-state index is 13.3. The summed E-state index contributed by atoms with van der Waals surface area (Å²) in [5.74, 6) is -3.28. The highest BCUT2D eigenvalue weighted by Gasteiger charge is 2.78. The van der Waals surface area contributed by atoms with Crippen molar-refractivity contribution >= 4 is 40.7 Å². The lowest BCUT2D eigenvalue weighted by Gasteiger charge is -2.35. The number of alkyl halides is 5. The first-order valence-corrected chi connectivity index (χ1v) is 9.22. The minimum atomic E-state index is -4.81. The van der Waals surface area contributed by atoms with Crippen molar-refractivity contribution in [3.8, 4) is 6.07 Å². The highest BCUT2D eigenvalue weighted by molar-refractivity contribution is 6.33. The van der Waals surface area contributed by atoms with Crippen LogP contribution in [0.3, 0.4) is 0 Å². The fraction of sp³-hybridized carbons (Fsp3) is 0.500. The summed E-state index contributed by atoms with van der Waals surface area (Å²) in [4.78, 5) is 26.9. The molecule has 3 aliphatic heterocycles. The molecule has 148 valence electrons. The summed E-state index contributed by atoms with van der Waals surface area (Å²) in [6.07, 6.45) is -4.81. The van der Waals surface area contributed by atoms with Gasteiger partial charge in [0.25, 0.3) is 0 Å². The van der Waals surface area contributed by atoms with Crippen LogP contribution in [0.1, 0.15) is 25.0 Å². The van der Waals surface area contributed by atoms with Gasteiger partial charge >= 0.3 is 6.18 Å². The van der Waals surface area contributed by atoms with Crippen molar-refractivity contribution in [3.05, 3.63) is 29.3 Å². The molecule has 0 aliphatic carbocycles. The number of hydrogen-bond acceptors (Lipinski definition) is 4. The highest BCUT2D eigenvalue weighted by atomic mass is 35.5. The first kappa shape index (κ1) is 19.5. The van der Waals surface area contributed by atoms with Crippen molar-refractivity contribution in [1.29, 1.82) is 5.26 Å². The lowest BCUT2D eigenvalue weighted by atomic mass is 9.68. The molecular formula is C18H13Cl2F3N2O3. The van der Waals surface area contributed by atoms with E-state index in [1.54, 1.807) is 13.8 Å². The maximum absolute atomic E-state index is 13.3. The van der Waals surface area contributed by atoms with Crippen molar-refractivity contribution < 1.29 is 27.5 Å². The van der Waals surface area contributed by atoms with E-state index in [4.69, 9.17) is 33.2 Å². The van der Waals surface area contributed by atoms with Crippen LogP contribution < -0.4 is 4.90 Å². The summed E-state index contributed by atoms with van der Waals surface area (Å²) in [7, 11) is 0. The molecule has 2 bridgehead atoms. The zero-order valence-corrected chi connectivity index (χ0v) is 16.1.